The molecule has 4 rings (SSSR count). The van der Waals surface area contributed by atoms with Gasteiger partial charge in [-0.25, -0.2) is 0 Å². The minimum Gasteiger partial charge on any atom is -0.493 e. The van der Waals surface area contributed by atoms with Gasteiger partial charge in [0.05, 0.1) is 7.11 Å². The van der Waals surface area contributed by atoms with Gasteiger partial charge in [0, 0.05) is 24.1 Å². The van der Waals surface area contributed by atoms with E-state index in [0.29, 0.717) is 34.9 Å². The zero-order valence-corrected chi connectivity index (χ0v) is 13.7. The highest BCUT2D eigenvalue weighted by Gasteiger charge is 2.57. The maximum atomic E-state index is 12.8. The van der Waals surface area contributed by atoms with Gasteiger partial charge in [-0.2, -0.15) is 0 Å². The third-order valence-corrected chi connectivity index (χ3v) is 5.85. The minimum atomic E-state index is -0.555. The van der Waals surface area contributed by atoms with E-state index in [4.69, 9.17) is 15.2 Å². The summed E-state index contributed by atoms with van der Waals surface area (Å²) in [5.74, 6) is 2.60. The zero-order chi connectivity index (χ0) is 16.8. The van der Waals surface area contributed by atoms with E-state index in [-0.39, 0.29) is 12.5 Å². The third kappa shape index (κ3) is 2.32. The first kappa shape index (κ1) is 15.3. The summed E-state index contributed by atoms with van der Waals surface area (Å²) in [7, 11) is 1.51. The molecule has 1 saturated heterocycles. The summed E-state index contributed by atoms with van der Waals surface area (Å²) in [6.07, 6.45) is 3.90. The van der Waals surface area contributed by atoms with Crippen LogP contribution in [0.3, 0.4) is 0 Å². The number of nitrogens with two attached hydrogens (primary N) is 1. The number of likely N-dealkylation sites (tertiary alicyclic amines) is 1. The summed E-state index contributed by atoms with van der Waals surface area (Å²) in [5.41, 5.74) is 5.69. The predicted octanol–water partition coefficient (Wildman–Crippen LogP) is 1.43. The van der Waals surface area contributed by atoms with Crippen molar-refractivity contribution in [2.24, 2.45) is 23.5 Å². The fourth-order valence-corrected chi connectivity index (χ4v) is 4.79. The van der Waals surface area contributed by atoms with Crippen molar-refractivity contribution in [1.82, 2.24) is 4.90 Å². The van der Waals surface area contributed by atoms with Crippen molar-refractivity contribution in [3.63, 3.8) is 0 Å². The number of methoxy groups -OCH3 is 1. The number of primary amides is 1. The van der Waals surface area contributed by atoms with E-state index in [0.717, 1.165) is 12.5 Å². The summed E-state index contributed by atoms with van der Waals surface area (Å²) in [4.78, 5) is 25.7. The molecule has 2 bridgehead atoms. The Labute approximate surface area is 140 Å². The molecule has 4 atom stereocenters. The third-order valence-electron chi connectivity index (χ3n) is 5.85. The Morgan fingerprint density at radius 3 is 2.75 bits per heavy atom. The maximum Gasteiger partial charge on any atom is 0.255 e. The van der Waals surface area contributed by atoms with Crippen LogP contribution in [-0.2, 0) is 4.79 Å². The molecule has 0 spiro atoms. The molecule has 0 radical (unpaired) electrons. The number of hydrogen-bond acceptors (Lipinski definition) is 4. The number of rotatable bonds is 5. The summed E-state index contributed by atoms with van der Waals surface area (Å²) in [6.45, 7) is 0.662. The molecule has 0 unspecified atom stereocenters. The van der Waals surface area contributed by atoms with Gasteiger partial charge >= 0.3 is 0 Å². The number of ether oxygens (including phenoxy) is 2. The van der Waals surface area contributed by atoms with Gasteiger partial charge in [0.1, 0.15) is 0 Å². The fourth-order valence-electron chi connectivity index (χ4n) is 4.79. The van der Waals surface area contributed by atoms with Crippen LogP contribution >= 0.6 is 0 Å². The van der Waals surface area contributed by atoms with Gasteiger partial charge in [-0.15, -0.1) is 0 Å². The normalized spacial score (nSPS) is 29.8. The molecular weight excluding hydrogens is 308 g/mol. The van der Waals surface area contributed by atoms with Crippen LogP contribution in [0, 0.1) is 17.8 Å². The number of carbonyl (C=O) groups excluding carboxylic acids is 2. The molecule has 2 saturated carbocycles. The fraction of sp³-hybridized carbons (Fsp3) is 0.556. The van der Waals surface area contributed by atoms with Crippen LogP contribution in [0.5, 0.6) is 11.5 Å². The maximum absolute atomic E-state index is 12.8. The molecule has 6 heteroatoms. The molecule has 2 amide bonds. The molecule has 2 N–H and O–H groups in total. The van der Waals surface area contributed by atoms with Crippen molar-refractivity contribution in [2.45, 2.75) is 25.3 Å². The van der Waals surface area contributed by atoms with Crippen LogP contribution in [0.2, 0.25) is 0 Å². The molecule has 1 heterocycles. The van der Waals surface area contributed by atoms with Crippen LogP contribution in [-0.4, -0.2) is 43.0 Å². The smallest absolute Gasteiger partial charge is 0.255 e. The van der Waals surface area contributed by atoms with Crippen LogP contribution in [0.25, 0.3) is 0 Å². The topological polar surface area (TPSA) is 81.9 Å². The summed E-state index contributed by atoms with van der Waals surface area (Å²) >= 11 is 0. The van der Waals surface area contributed by atoms with Gasteiger partial charge in [-0.1, -0.05) is 0 Å². The lowest BCUT2D eigenvalue weighted by molar-refractivity contribution is -0.119. The Kier molecular flexibility index (Phi) is 3.62. The second-order valence-electron chi connectivity index (χ2n) is 7.07. The number of hydrogen-bond donors (Lipinski definition) is 1. The lowest BCUT2D eigenvalue weighted by Crippen LogP contribution is -2.60. The Bertz CT molecular complexity index is 688. The summed E-state index contributed by atoms with van der Waals surface area (Å²) in [6, 6.07) is 5.50. The molecule has 3 aliphatic rings. The number of benzene rings is 1. The molecule has 1 aromatic rings. The van der Waals surface area contributed by atoms with E-state index in [1.54, 1.807) is 18.2 Å². The first-order valence-electron chi connectivity index (χ1n) is 8.48. The lowest BCUT2D eigenvalue weighted by atomic mass is 9.76. The molecule has 24 heavy (non-hydrogen) atoms. The first-order chi connectivity index (χ1) is 11.6. The highest BCUT2D eigenvalue weighted by Crippen LogP contribution is 2.55. The van der Waals surface area contributed by atoms with Crippen LogP contribution in [0.15, 0.2) is 18.2 Å². The van der Waals surface area contributed by atoms with Crippen molar-refractivity contribution < 1.29 is 19.1 Å². The number of carbonyl (C=O) groups is 2. The molecule has 128 valence electrons. The van der Waals surface area contributed by atoms with Gasteiger partial charge in [-0.3, -0.25) is 9.59 Å². The lowest BCUT2D eigenvalue weighted by Gasteiger charge is -2.50. The van der Waals surface area contributed by atoms with Gasteiger partial charge < -0.3 is 20.1 Å². The molecule has 2 aliphatic carbocycles. The highest BCUT2D eigenvalue weighted by molar-refractivity contribution is 5.95. The predicted molar refractivity (Wildman–Crippen MR) is 86.8 cm³/mol. The molecule has 0 aromatic heterocycles. The standard InChI is InChI=1S/C18H22N2O4/c1-23-15-7-12(4-5-14(15)24-9-16(19)21)18(22)20-8-13-10-2-3-11(6-10)17(13)20/h4-5,7,10-11,13,17H,2-3,6,8-9H2,1H3,(H2,19,21)/t10-,11-,13-,17+/m0/s1. The summed E-state index contributed by atoms with van der Waals surface area (Å²) < 4.78 is 10.6. The Hall–Kier alpha value is -2.24. The second kappa shape index (κ2) is 5.69. The zero-order valence-electron chi connectivity index (χ0n) is 13.7. The van der Waals surface area contributed by atoms with E-state index in [9.17, 15) is 9.59 Å². The van der Waals surface area contributed by atoms with E-state index >= 15 is 0 Å². The number of nitrogens with zero attached hydrogens (tertiary/aromatic N) is 1. The molecule has 1 aliphatic heterocycles. The quantitative estimate of drug-likeness (QED) is 0.885. The van der Waals surface area contributed by atoms with Gasteiger partial charge in [-0.05, 0) is 49.3 Å². The van der Waals surface area contributed by atoms with Crippen molar-refractivity contribution in [1.29, 1.82) is 0 Å². The largest absolute Gasteiger partial charge is 0.493 e. The Morgan fingerprint density at radius 1 is 1.25 bits per heavy atom. The first-order valence-corrected chi connectivity index (χ1v) is 8.48. The van der Waals surface area contributed by atoms with Gasteiger partial charge in [0.25, 0.3) is 11.8 Å². The van der Waals surface area contributed by atoms with Crippen molar-refractivity contribution >= 4 is 11.8 Å². The van der Waals surface area contributed by atoms with Crippen molar-refractivity contribution in [2.75, 3.05) is 20.3 Å². The van der Waals surface area contributed by atoms with E-state index < -0.39 is 5.91 Å². The Morgan fingerprint density at radius 2 is 2.04 bits per heavy atom. The van der Waals surface area contributed by atoms with Crippen LogP contribution in [0.4, 0.5) is 0 Å². The second-order valence-corrected chi connectivity index (χ2v) is 7.07. The van der Waals surface area contributed by atoms with E-state index in [1.165, 1.54) is 26.4 Å². The molecular formula is C18H22N2O4. The molecule has 1 aromatic carbocycles. The average Bonchev–Trinajstić information content (AvgIpc) is 3.09. The SMILES string of the molecule is COc1cc(C(=O)N2C[C@H]3[C@H]4CC[C@@H](C4)[C@H]32)ccc1OCC(N)=O. The van der Waals surface area contributed by atoms with Gasteiger partial charge in [0.15, 0.2) is 18.1 Å². The Balaban J connectivity index is 1.50. The number of fused-ring (bicyclic) bond motifs is 5. The van der Waals surface area contributed by atoms with Crippen molar-refractivity contribution in [3.8, 4) is 11.5 Å². The highest BCUT2D eigenvalue weighted by atomic mass is 16.5. The van der Waals surface area contributed by atoms with E-state index in [1.807, 2.05) is 4.90 Å². The van der Waals surface area contributed by atoms with Gasteiger partial charge in [0.2, 0.25) is 0 Å². The van der Waals surface area contributed by atoms with Crippen molar-refractivity contribution in [3.05, 3.63) is 23.8 Å². The monoisotopic (exact) mass is 330 g/mol. The van der Waals surface area contributed by atoms with Crippen LogP contribution < -0.4 is 15.2 Å². The molecule has 3 fully saturated rings. The van der Waals surface area contributed by atoms with Crippen LogP contribution in [0.1, 0.15) is 29.6 Å². The number of amides is 2. The average molecular weight is 330 g/mol. The minimum absolute atomic E-state index is 0.0588. The van der Waals surface area contributed by atoms with E-state index in [2.05, 4.69) is 0 Å². The summed E-state index contributed by atoms with van der Waals surface area (Å²) in [5, 5.41) is 0. The molecule has 6 nitrogen and oxygen atoms in total.